The van der Waals surface area contributed by atoms with Crippen LogP contribution in [0.3, 0.4) is 0 Å². The number of aromatic nitrogens is 3. The van der Waals surface area contributed by atoms with Crippen molar-refractivity contribution in [2.75, 3.05) is 19.0 Å². The highest BCUT2D eigenvalue weighted by molar-refractivity contribution is 7.89. The number of carbonyl (C=O) groups excluding carboxylic acids is 1. The number of amides is 1. The van der Waals surface area contributed by atoms with E-state index in [1.165, 1.54) is 67.1 Å². The van der Waals surface area contributed by atoms with Crippen LogP contribution in [0.1, 0.15) is 32.0 Å². The summed E-state index contributed by atoms with van der Waals surface area (Å²) in [6.07, 6.45) is -5.51. The highest BCUT2D eigenvalue weighted by Gasteiger charge is 2.35. The lowest BCUT2D eigenvalue weighted by Crippen LogP contribution is -2.35. The second kappa shape index (κ2) is 10.2. The van der Waals surface area contributed by atoms with Gasteiger partial charge in [0.15, 0.2) is 5.65 Å². The van der Waals surface area contributed by atoms with Crippen molar-refractivity contribution in [2.45, 2.75) is 44.4 Å². The molecule has 0 saturated heterocycles. The molecule has 0 fully saturated rings. The van der Waals surface area contributed by atoms with Crippen LogP contribution < -0.4 is 4.90 Å². The number of fused-ring (bicyclic) bond motifs is 1. The number of benzene rings is 2. The summed E-state index contributed by atoms with van der Waals surface area (Å²) in [6.45, 7) is 6.68. The topological polar surface area (TPSA) is 97.1 Å². The predicted molar refractivity (Wildman–Crippen MR) is 144 cm³/mol. The molecule has 0 spiro atoms. The molecule has 13 heteroatoms. The molecule has 0 aliphatic rings. The third-order valence-corrected chi connectivity index (χ3v) is 7.55. The highest BCUT2D eigenvalue weighted by atomic mass is 32.2. The van der Waals surface area contributed by atoms with Gasteiger partial charge in [0.05, 0.1) is 27.5 Å². The van der Waals surface area contributed by atoms with Crippen molar-refractivity contribution in [2.24, 2.45) is 0 Å². The first kappa shape index (κ1) is 29.0. The van der Waals surface area contributed by atoms with Crippen molar-refractivity contribution in [1.29, 1.82) is 0 Å². The molecule has 0 N–H and O–H groups in total. The number of rotatable bonds is 5. The van der Waals surface area contributed by atoms with Crippen LogP contribution in [0.4, 0.5) is 29.5 Å². The Hall–Kier alpha value is -3.97. The van der Waals surface area contributed by atoms with E-state index in [4.69, 9.17) is 4.74 Å². The Kier molecular flexibility index (Phi) is 7.41. The summed E-state index contributed by atoms with van der Waals surface area (Å²) in [4.78, 5) is 19.1. The second-order valence-corrected chi connectivity index (χ2v) is 12.3. The number of aryl methyl sites for hydroxylation is 1. The van der Waals surface area contributed by atoms with Crippen molar-refractivity contribution in [1.82, 2.24) is 18.9 Å². The van der Waals surface area contributed by atoms with E-state index in [0.29, 0.717) is 5.69 Å². The first-order valence-electron chi connectivity index (χ1n) is 12.1. The van der Waals surface area contributed by atoms with E-state index < -0.39 is 33.5 Å². The van der Waals surface area contributed by atoms with E-state index in [9.17, 15) is 26.4 Å². The molecule has 2 aromatic carbocycles. The molecule has 0 radical (unpaired) electrons. The summed E-state index contributed by atoms with van der Waals surface area (Å²) in [5.41, 5.74) is -1.15. The van der Waals surface area contributed by atoms with E-state index in [2.05, 4.69) is 10.1 Å². The van der Waals surface area contributed by atoms with Crippen LogP contribution in [0.5, 0.6) is 0 Å². The largest absolute Gasteiger partial charge is 0.443 e. The molecule has 40 heavy (non-hydrogen) atoms. The minimum Gasteiger partial charge on any atom is -0.443 e. The molecule has 212 valence electrons. The number of alkyl halides is 3. The lowest BCUT2D eigenvalue weighted by atomic mass is 10.0. The molecule has 9 nitrogen and oxygen atoms in total. The van der Waals surface area contributed by atoms with Crippen LogP contribution in [0.2, 0.25) is 0 Å². The van der Waals surface area contributed by atoms with Crippen LogP contribution in [0.15, 0.2) is 65.6 Å². The summed E-state index contributed by atoms with van der Waals surface area (Å²) in [7, 11) is -0.975. The first-order valence-corrected chi connectivity index (χ1v) is 13.5. The molecule has 0 saturated carbocycles. The summed E-state index contributed by atoms with van der Waals surface area (Å²) in [6, 6.07) is 13.4. The van der Waals surface area contributed by atoms with E-state index in [1.54, 1.807) is 33.8 Å². The van der Waals surface area contributed by atoms with Gasteiger partial charge in [-0.3, -0.25) is 0 Å². The fraction of sp³-hybridized carbons (Fsp3) is 0.296. The minimum atomic E-state index is -4.65. The molecule has 2 aromatic heterocycles. The number of hydrogen-bond acceptors (Lipinski definition) is 6. The molecule has 4 aromatic rings. The smallest absolute Gasteiger partial charge is 0.420 e. The van der Waals surface area contributed by atoms with Crippen molar-refractivity contribution >= 4 is 33.3 Å². The van der Waals surface area contributed by atoms with Gasteiger partial charge in [-0.1, -0.05) is 18.2 Å². The van der Waals surface area contributed by atoms with Crippen LogP contribution >= 0.6 is 0 Å². The van der Waals surface area contributed by atoms with Gasteiger partial charge in [0.1, 0.15) is 11.4 Å². The van der Waals surface area contributed by atoms with Crippen molar-refractivity contribution in [3.05, 3.63) is 71.9 Å². The number of nitrogens with zero attached hydrogens (tertiary/aromatic N) is 5. The molecular weight excluding hydrogens is 547 g/mol. The number of carbonyl (C=O) groups is 1. The van der Waals surface area contributed by atoms with E-state index in [0.717, 1.165) is 15.3 Å². The monoisotopic (exact) mass is 575 g/mol. The average molecular weight is 576 g/mol. The molecule has 0 atom stereocenters. The number of sulfonamides is 1. The van der Waals surface area contributed by atoms with Gasteiger partial charge in [-0.05, 0) is 58.0 Å². The summed E-state index contributed by atoms with van der Waals surface area (Å²) < 4.78 is 74.9. The van der Waals surface area contributed by atoms with Gasteiger partial charge >= 0.3 is 12.3 Å². The average Bonchev–Trinajstić information content (AvgIpc) is 3.23. The Morgan fingerprint density at radius 2 is 1.60 bits per heavy atom. The molecule has 0 bridgehead atoms. The van der Waals surface area contributed by atoms with Gasteiger partial charge in [-0.15, -0.1) is 0 Å². The number of ether oxygens (including phenoxy) is 1. The Balaban J connectivity index is 1.99. The van der Waals surface area contributed by atoms with Gasteiger partial charge < -0.3 is 4.74 Å². The van der Waals surface area contributed by atoms with Gasteiger partial charge in [-0.2, -0.15) is 22.8 Å². The first-order chi connectivity index (χ1) is 18.5. The van der Waals surface area contributed by atoms with Crippen LogP contribution in [-0.2, 0) is 20.9 Å². The Bertz CT molecular complexity index is 1680. The molecule has 0 unspecified atom stereocenters. The van der Waals surface area contributed by atoms with Crippen molar-refractivity contribution < 1.29 is 31.1 Å². The number of hydrogen-bond donors (Lipinski definition) is 0. The maximum absolute atomic E-state index is 13.9. The third kappa shape index (κ3) is 5.80. The van der Waals surface area contributed by atoms with Gasteiger partial charge in [0, 0.05) is 31.8 Å². The summed E-state index contributed by atoms with van der Waals surface area (Å²) in [5.74, 6) is 0.0440. The van der Waals surface area contributed by atoms with Crippen molar-refractivity contribution in [3.8, 4) is 11.3 Å². The SMILES string of the molecule is Cc1cc2nc(-c3ccccc3C(F)(F)F)cc(N(C(=O)OC(C)(C)C)c3ccc(S(=O)(=O)N(C)C)cc3)n2n1. The number of halogens is 3. The standard InChI is InChI=1S/C27H28F3N5O4S/c1-17-15-23-31-22(20-9-7-8-10-21(20)27(28,29)30)16-24(35(23)32-17)34(25(36)39-26(2,3)4)18-11-13-19(14-12-18)40(37,38)33(5)6/h7-16H,1-6H3. The maximum atomic E-state index is 13.9. The predicted octanol–water partition coefficient (Wildman–Crippen LogP) is 6.05. The Labute approximate surface area is 229 Å². The lowest BCUT2D eigenvalue weighted by molar-refractivity contribution is -0.137. The van der Waals surface area contributed by atoms with Gasteiger partial charge in [0.2, 0.25) is 10.0 Å². The quantitative estimate of drug-likeness (QED) is 0.288. The summed E-state index contributed by atoms with van der Waals surface area (Å²) >= 11 is 0. The zero-order chi connectivity index (χ0) is 29.6. The fourth-order valence-corrected chi connectivity index (χ4v) is 4.84. The minimum absolute atomic E-state index is 0.0139. The van der Waals surface area contributed by atoms with Gasteiger partial charge in [0.25, 0.3) is 0 Å². The zero-order valence-electron chi connectivity index (χ0n) is 22.7. The normalized spacial score (nSPS) is 12.7. The molecule has 4 rings (SSSR count). The van der Waals surface area contributed by atoms with E-state index in [1.807, 2.05) is 0 Å². The molecule has 0 aliphatic carbocycles. The Morgan fingerprint density at radius 3 is 2.17 bits per heavy atom. The van der Waals surface area contributed by atoms with Crippen molar-refractivity contribution in [3.63, 3.8) is 0 Å². The second-order valence-electron chi connectivity index (χ2n) is 10.2. The van der Waals surface area contributed by atoms with Crippen LogP contribution in [0, 0.1) is 6.92 Å². The lowest BCUT2D eigenvalue weighted by Gasteiger charge is -2.28. The zero-order valence-corrected chi connectivity index (χ0v) is 23.5. The van der Waals surface area contributed by atoms with Crippen LogP contribution in [0.25, 0.3) is 16.9 Å². The Morgan fingerprint density at radius 1 is 0.975 bits per heavy atom. The fourth-order valence-electron chi connectivity index (χ4n) is 3.94. The molecule has 1 amide bonds. The molecular formula is C27H28F3N5O4S. The number of anilines is 2. The van der Waals surface area contributed by atoms with Crippen LogP contribution in [-0.4, -0.2) is 53.1 Å². The van der Waals surface area contributed by atoms with Gasteiger partial charge in [-0.25, -0.2) is 27.4 Å². The molecule has 0 aliphatic heterocycles. The molecule has 2 heterocycles. The highest BCUT2D eigenvalue weighted by Crippen LogP contribution is 2.38. The van der Waals surface area contributed by atoms with E-state index in [-0.39, 0.29) is 33.3 Å². The summed E-state index contributed by atoms with van der Waals surface area (Å²) in [5, 5.41) is 4.40. The maximum Gasteiger partial charge on any atom is 0.420 e. The third-order valence-electron chi connectivity index (χ3n) is 5.72. The van der Waals surface area contributed by atoms with E-state index >= 15 is 0 Å².